The van der Waals surface area contributed by atoms with E-state index in [0.29, 0.717) is 6.54 Å². The molecule has 0 bridgehead atoms. The van der Waals surface area contributed by atoms with E-state index in [1.165, 1.54) is 12.1 Å². The summed E-state index contributed by atoms with van der Waals surface area (Å²) in [7, 11) is 3.86. The summed E-state index contributed by atoms with van der Waals surface area (Å²) < 4.78 is 13.7. The van der Waals surface area contributed by atoms with Crippen molar-refractivity contribution >= 4 is 5.91 Å². The van der Waals surface area contributed by atoms with Crippen molar-refractivity contribution in [2.24, 2.45) is 5.73 Å². The van der Waals surface area contributed by atoms with Crippen molar-refractivity contribution in [1.82, 2.24) is 10.2 Å². The first kappa shape index (κ1) is 16.2. The summed E-state index contributed by atoms with van der Waals surface area (Å²) in [6.07, 6.45) is 0. The first-order chi connectivity index (χ1) is 9.45. The summed E-state index contributed by atoms with van der Waals surface area (Å²) in [5.41, 5.74) is 5.76. The van der Waals surface area contributed by atoms with Crippen molar-refractivity contribution in [3.8, 4) is 11.8 Å². The van der Waals surface area contributed by atoms with Gasteiger partial charge in [0.1, 0.15) is 5.82 Å². The Morgan fingerprint density at radius 1 is 1.50 bits per heavy atom. The van der Waals surface area contributed by atoms with Gasteiger partial charge in [-0.15, -0.1) is 0 Å². The molecule has 20 heavy (non-hydrogen) atoms. The molecule has 1 aromatic carbocycles. The monoisotopic (exact) mass is 277 g/mol. The van der Waals surface area contributed by atoms with Crippen LogP contribution in [0.3, 0.4) is 0 Å². The van der Waals surface area contributed by atoms with Gasteiger partial charge in [-0.1, -0.05) is 11.8 Å². The van der Waals surface area contributed by atoms with E-state index in [1.54, 1.807) is 6.07 Å². The molecule has 1 amide bonds. The van der Waals surface area contributed by atoms with E-state index in [2.05, 4.69) is 17.2 Å². The third-order valence-corrected chi connectivity index (χ3v) is 3.00. The number of nitrogens with zero attached hydrogens (tertiary/aromatic N) is 1. The van der Waals surface area contributed by atoms with Gasteiger partial charge in [0.05, 0.1) is 12.1 Å². The van der Waals surface area contributed by atoms with Crippen molar-refractivity contribution in [3.63, 3.8) is 0 Å². The second-order valence-electron chi connectivity index (χ2n) is 4.72. The van der Waals surface area contributed by atoms with Gasteiger partial charge in [0.15, 0.2) is 0 Å². The summed E-state index contributed by atoms with van der Waals surface area (Å²) in [4.78, 5) is 13.9. The maximum absolute atomic E-state index is 13.7. The highest BCUT2D eigenvalue weighted by Gasteiger charge is 2.11. The third-order valence-electron chi connectivity index (χ3n) is 3.00. The van der Waals surface area contributed by atoms with Crippen molar-refractivity contribution in [2.75, 3.05) is 27.2 Å². The maximum Gasteiger partial charge on any atom is 0.251 e. The van der Waals surface area contributed by atoms with E-state index < -0.39 is 5.82 Å². The van der Waals surface area contributed by atoms with E-state index in [0.717, 1.165) is 0 Å². The maximum atomic E-state index is 13.7. The molecule has 0 saturated heterocycles. The quantitative estimate of drug-likeness (QED) is 0.801. The Bertz CT molecular complexity index is 532. The van der Waals surface area contributed by atoms with Crippen LogP contribution in [0.5, 0.6) is 0 Å². The van der Waals surface area contributed by atoms with E-state index in [1.807, 2.05) is 25.9 Å². The van der Waals surface area contributed by atoms with E-state index >= 15 is 0 Å². The number of carbonyl (C=O) groups excluding carboxylic acids is 1. The lowest BCUT2D eigenvalue weighted by Gasteiger charge is -2.19. The Kier molecular flexibility index (Phi) is 6.16. The molecule has 0 aliphatic heterocycles. The third kappa shape index (κ3) is 4.65. The van der Waals surface area contributed by atoms with Crippen LogP contribution in [-0.2, 0) is 0 Å². The molecular weight excluding hydrogens is 257 g/mol. The molecule has 1 atom stereocenters. The Labute approximate surface area is 119 Å². The van der Waals surface area contributed by atoms with Gasteiger partial charge in [0.25, 0.3) is 5.91 Å². The summed E-state index contributed by atoms with van der Waals surface area (Å²) in [6, 6.07) is 4.44. The summed E-state index contributed by atoms with van der Waals surface area (Å²) in [5.74, 6) is 4.38. The van der Waals surface area contributed by atoms with Crippen LogP contribution in [0, 0.1) is 17.7 Å². The molecule has 0 radical (unpaired) electrons. The first-order valence-electron chi connectivity index (χ1n) is 6.38. The van der Waals surface area contributed by atoms with Gasteiger partial charge in [-0.3, -0.25) is 4.79 Å². The number of halogens is 1. The largest absolute Gasteiger partial charge is 0.350 e. The average Bonchev–Trinajstić information content (AvgIpc) is 2.42. The number of benzene rings is 1. The van der Waals surface area contributed by atoms with Crippen molar-refractivity contribution in [1.29, 1.82) is 0 Å². The zero-order valence-corrected chi connectivity index (χ0v) is 12.0. The standard InChI is InChI=1S/C15H20FN3O/c1-11(19(2)3)10-18-15(20)13-7-6-12(5-4-8-17)14(16)9-13/h6-7,9,11H,8,10,17H2,1-3H3,(H,18,20). The van der Waals surface area contributed by atoms with Crippen LogP contribution >= 0.6 is 0 Å². The van der Waals surface area contributed by atoms with Crippen LogP contribution in [0.2, 0.25) is 0 Å². The van der Waals surface area contributed by atoms with Gasteiger partial charge < -0.3 is 16.0 Å². The SMILES string of the molecule is CC(CNC(=O)c1ccc(C#CCN)c(F)c1)N(C)C. The minimum absolute atomic E-state index is 0.171. The molecule has 0 fully saturated rings. The Morgan fingerprint density at radius 2 is 2.20 bits per heavy atom. The number of rotatable bonds is 4. The topological polar surface area (TPSA) is 58.4 Å². The van der Waals surface area contributed by atoms with Gasteiger partial charge in [0, 0.05) is 18.2 Å². The van der Waals surface area contributed by atoms with Crippen molar-refractivity contribution in [3.05, 3.63) is 35.1 Å². The molecule has 0 spiro atoms. The van der Waals surface area contributed by atoms with E-state index in [9.17, 15) is 9.18 Å². The predicted octanol–water partition coefficient (Wildman–Crippen LogP) is 0.816. The minimum Gasteiger partial charge on any atom is -0.350 e. The fraction of sp³-hybridized carbons (Fsp3) is 0.400. The molecule has 0 aliphatic carbocycles. The van der Waals surface area contributed by atoms with Crippen LogP contribution in [-0.4, -0.2) is 44.0 Å². The van der Waals surface area contributed by atoms with Crippen molar-refractivity contribution in [2.45, 2.75) is 13.0 Å². The average molecular weight is 277 g/mol. The molecule has 1 aromatic rings. The normalized spacial score (nSPS) is 11.7. The molecule has 4 nitrogen and oxygen atoms in total. The fourth-order valence-corrected chi connectivity index (χ4v) is 1.43. The molecule has 1 unspecified atom stereocenters. The van der Waals surface area contributed by atoms with E-state index in [4.69, 9.17) is 5.73 Å². The zero-order chi connectivity index (χ0) is 15.1. The molecule has 108 valence electrons. The molecule has 0 heterocycles. The van der Waals surface area contributed by atoms with Crippen molar-refractivity contribution < 1.29 is 9.18 Å². The Balaban J connectivity index is 2.73. The minimum atomic E-state index is -0.515. The fourth-order valence-electron chi connectivity index (χ4n) is 1.43. The van der Waals surface area contributed by atoms with Gasteiger partial charge in [0.2, 0.25) is 0 Å². The highest BCUT2D eigenvalue weighted by atomic mass is 19.1. The second kappa shape index (κ2) is 7.63. The zero-order valence-electron chi connectivity index (χ0n) is 12.0. The highest BCUT2D eigenvalue weighted by Crippen LogP contribution is 2.09. The molecule has 0 saturated carbocycles. The predicted molar refractivity (Wildman–Crippen MR) is 77.8 cm³/mol. The van der Waals surface area contributed by atoms with Crippen LogP contribution < -0.4 is 11.1 Å². The molecule has 5 heteroatoms. The number of likely N-dealkylation sites (N-methyl/N-ethyl adjacent to an activating group) is 1. The smallest absolute Gasteiger partial charge is 0.251 e. The highest BCUT2D eigenvalue weighted by molar-refractivity contribution is 5.94. The Morgan fingerprint density at radius 3 is 2.75 bits per heavy atom. The molecule has 0 aromatic heterocycles. The number of amides is 1. The summed E-state index contributed by atoms with van der Waals surface area (Å²) >= 11 is 0. The number of hydrogen-bond acceptors (Lipinski definition) is 3. The molecular formula is C15H20FN3O. The molecule has 1 rings (SSSR count). The lowest BCUT2D eigenvalue weighted by atomic mass is 10.1. The van der Waals surface area contributed by atoms with Crippen LogP contribution in [0.4, 0.5) is 4.39 Å². The summed E-state index contributed by atoms with van der Waals surface area (Å²) in [5, 5.41) is 2.77. The van der Waals surface area contributed by atoms with Crippen LogP contribution in [0.25, 0.3) is 0 Å². The van der Waals surface area contributed by atoms with Crippen LogP contribution in [0.1, 0.15) is 22.8 Å². The lowest BCUT2D eigenvalue weighted by molar-refractivity contribution is 0.0943. The molecule has 0 aliphatic rings. The van der Waals surface area contributed by atoms with Gasteiger partial charge in [-0.05, 0) is 39.2 Å². The summed E-state index contributed by atoms with van der Waals surface area (Å²) in [6.45, 7) is 2.67. The number of carbonyl (C=O) groups is 1. The van der Waals surface area contributed by atoms with Gasteiger partial charge >= 0.3 is 0 Å². The van der Waals surface area contributed by atoms with Gasteiger partial charge in [-0.2, -0.15) is 0 Å². The lowest BCUT2D eigenvalue weighted by Crippen LogP contribution is -2.38. The van der Waals surface area contributed by atoms with Gasteiger partial charge in [-0.25, -0.2) is 4.39 Å². The number of hydrogen-bond donors (Lipinski definition) is 2. The van der Waals surface area contributed by atoms with E-state index in [-0.39, 0.29) is 29.6 Å². The first-order valence-corrected chi connectivity index (χ1v) is 6.38. The van der Waals surface area contributed by atoms with Crippen LogP contribution in [0.15, 0.2) is 18.2 Å². The Hall–Kier alpha value is -1.90. The second-order valence-corrected chi connectivity index (χ2v) is 4.72. The molecule has 3 N–H and O–H groups in total. The number of nitrogens with one attached hydrogen (secondary N) is 1. The number of nitrogens with two attached hydrogens (primary N) is 1.